The summed E-state index contributed by atoms with van der Waals surface area (Å²) in [5.74, 6) is 0. The minimum atomic E-state index is 0.515. The van der Waals surface area contributed by atoms with E-state index < -0.39 is 0 Å². The van der Waals surface area contributed by atoms with Crippen LogP contribution in [0.15, 0.2) is 4.78 Å². The maximum absolute atomic E-state index is 9.66. The van der Waals surface area contributed by atoms with E-state index in [4.69, 9.17) is 0 Å². The van der Waals surface area contributed by atoms with E-state index in [2.05, 4.69) is 4.78 Å². The second-order valence-electron chi connectivity index (χ2n) is 0.664. The zero-order chi connectivity index (χ0) is 4.28. The minimum Gasteiger partial charge on any atom is -0.622 e. The summed E-state index contributed by atoms with van der Waals surface area (Å²) >= 11 is 0. The molecule has 30 valence electrons. The lowest BCUT2D eigenvalue weighted by Crippen LogP contribution is -1.88. The van der Waals surface area contributed by atoms with Gasteiger partial charge in [-0.2, -0.15) is 4.53 Å². The molecule has 0 aliphatic rings. The van der Waals surface area contributed by atoms with Gasteiger partial charge in [0.25, 0.3) is 0 Å². The third-order valence-electron chi connectivity index (χ3n) is 0.282. The Morgan fingerprint density at radius 3 is 2.00 bits per heavy atom. The van der Waals surface area contributed by atoms with E-state index in [1.807, 2.05) is 0 Å². The van der Waals surface area contributed by atoms with Gasteiger partial charge in [0.05, 0.1) is 0 Å². The van der Waals surface area contributed by atoms with Crippen molar-refractivity contribution in [2.75, 3.05) is 0 Å². The molecule has 3 nitrogen and oxygen atoms in total. The second-order valence-corrected chi connectivity index (χ2v) is 1.83. The molecule has 0 aromatic rings. The summed E-state index contributed by atoms with van der Waals surface area (Å²) < 4.78 is 4.07. The highest BCUT2D eigenvalue weighted by Gasteiger charge is 1.58. The van der Waals surface area contributed by atoms with Crippen molar-refractivity contribution in [2.24, 2.45) is 4.78 Å². The van der Waals surface area contributed by atoms with E-state index in [1.165, 1.54) is 0 Å². The number of rotatable bonds is 0. The first-order valence-corrected chi connectivity index (χ1v) is 3.07. The molecule has 0 fully saturated rings. The number of hydrogen-bond donors (Lipinski definition) is 0. The van der Waals surface area contributed by atoms with E-state index >= 15 is 0 Å². The maximum atomic E-state index is 9.66. The SMILES string of the molecule is [O-][N+]([SiH3])=N[SiH3]. The van der Waals surface area contributed by atoms with Crippen molar-refractivity contribution in [2.45, 2.75) is 0 Å². The highest BCUT2D eigenvalue weighted by atomic mass is 28.2. The highest BCUT2D eigenvalue weighted by Crippen LogP contribution is 1.51. The molecule has 0 heterocycles. The molecule has 0 bridgehead atoms. The molecule has 0 spiro atoms. The normalized spacial score (nSPS) is 13.2. The van der Waals surface area contributed by atoms with Crippen LogP contribution in [0.25, 0.3) is 0 Å². The molecule has 0 rings (SSSR count). The third kappa shape index (κ3) is 3.83. The molecule has 0 N–H and O–H groups in total. The van der Waals surface area contributed by atoms with Crippen LogP contribution in [0.2, 0.25) is 0 Å². The van der Waals surface area contributed by atoms with Gasteiger partial charge in [-0.15, -0.1) is 4.78 Å². The van der Waals surface area contributed by atoms with Gasteiger partial charge in [0.2, 0.25) is 10.4 Å². The first kappa shape index (κ1) is 4.83. The van der Waals surface area contributed by atoms with Gasteiger partial charge in [0, 0.05) is 0 Å². The van der Waals surface area contributed by atoms with Crippen LogP contribution in [0.3, 0.4) is 0 Å². The zero-order valence-electron chi connectivity index (χ0n) is 3.30. The monoisotopic (exact) mass is 106 g/mol. The van der Waals surface area contributed by atoms with E-state index in [9.17, 15) is 5.21 Å². The topological polar surface area (TPSA) is 38.4 Å². The summed E-state index contributed by atoms with van der Waals surface area (Å²) in [6.07, 6.45) is 0. The Bertz CT molecular complexity index is 45.6. The van der Waals surface area contributed by atoms with Crippen LogP contribution in [-0.2, 0) is 0 Å². The molecule has 0 aromatic carbocycles. The number of nitrogens with zero attached hydrogens (tertiary/aromatic N) is 2. The highest BCUT2D eigenvalue weighted by molar-refractivity contribution is 6.05. The number of hydrogen-bond acceptors (Lipinski definition) is 2. The first-order chi connectivity index (χ1) is 2.27. The molecule has 0 aliphatic heterocycles. The van der Waals surface area contributed by atoms with Crippen LogP contribution in [0.1, 0.15) is 0 Å². The molecule has 0 aliphatic carbocycles. The molecule has 0 atom stereocenters. The lowest BCUT2D eigenvalue weighted by molar-refractivity contribution is -0.361. The maximum Gasteiger partial charge on any atom is 0.352 e. The summed E-state index contributed by atoms with van der Waals surface area (Å²) in [4.78, 5) is 0. The molecule has 0 radical (unpaired) electrons. The van der Waals surface area contributed by atoms with Crippen LogP contribution >= 0.6 is 0 Å². The molecular weight excluding hydrogens is 100 g/mol. The second kappa shape index (κ2) is 2.09. The van der Waals surface area contributed by atoms with Crippen molar-refractivity contribution in [3.05, 3.63) is 5.21 Å². The van der Waals surface area contributed by atoms with Gasteiger partial charge < -0.3 is 5.21 Å². The van der Waals surface area contributed by atoms with Crippen molar-refractivity contribution >= 4 is 20.8 Å². The molecule has 0 saturated carbocycles. The van der Waals surface area contributed by atoms with Crippen molar-refractivity contribution in [3.63, 3.8) is 0 Å². The van der Waals surface area contributed by atoms with Gasteiger partial charge in [-0.3, -0.25) is 0 Å². The summed E-state index contributed by atoms with van der Waals surface area (Å²) in [5.41, 5.74) is 0. The van der Waals surface area contributed by atoms with Crippen LogP contribution in [-0.4, -0.2) is 25.3 Å². The standard InChI is InChI=1S/H6N2OSi2/c3-2(5)1-4/h4-5H3. The Labute approximate surface area is 36.3 Å². The predicted molar refractivity (Wildman–Crippen MR) is 25.9 cm³/mol. The lowest BCUT2D eigenvalue weighted by atomic mass is 13.0. The summed E-state index contributed by atoms with van der Waals surface area (Å²) in [6.45, 7) is 0. The summed E-state index contributed by atoms with van der Waals surface area (Å²) in [7, 11) is 1.16. The van der Waals surface area contributed by atoms with Crippen LogP contribution in [0.5, 0.6) is 0 Å². The Kier molecular flexibility index (Phi) is 2.02. The third-order valence-corrected chi connectivity index (χ3v) is 2.04. The average Bonchev–Trinajstić information content (AvgIpc) is 1.38. The Hall–Kier alpha value is -0.166. The molecule has 5 heavy (non-hydrogen) atoms. The molecule has 0 saturated heterocycles. The van der Waals surface area contributed by atoms with Crippen molar-refractivity contribution in [1.82, 2.24) is 0 Å². The van der Waals surface area contributed by atoms with Gasteiger partial charge in [-0.1, -0.05) is 0 Å². The summed E-state index contributed by atoms with van der Waals surface area (Å²) in [5, 5.41) is 9.66. The molecular formula is H6N2OSi2. The van der Waals surface area contributed by atoms with Crippen molar-refractivity contribution in [3.8, 4) is 0 Å². The quantitative estimate of drug-likeness (QED) is 0.191. The van der Waals surface area contributed by atoms with Gasteiger partial charge in [0.1, 0.15) is 0 Å². The van der Waals surface area contributed by atoms with Crippen LogP contribution in [0.4, 0.5) is 0 Å². The predicted octanol–water partition coefficient (Wildman–Crippen LogP) is -2.49. The zero-order valence-corrected chi connectivity index (χ0v) is 7.30. The largest absolute Gasteiger partial charge is 0.622 e. The van der Waals surface area contributed by atoms with Crippen LogP contribution in [0, 0.1) is 5.21 Å². The first-order valence-electron chi connectivity index (χ1n) is 1.28. The van der Waals surface area contributed by atoms with Gasteiger partial charge in [-0.25, -0.2) is 0 Å². The Morgan fingerprint density at radius 2 is 2.00 bits per heavy atom. The van der Waals surface area contributed by atoms with Crippen molar-refractivity contribution in [1.29, 1.82) is 0 Å². The minimum absolute atomic E-state index is 0.515. The van der Waals surface area contributed by atoms with E-state index in [0.717, 1.165) is 0 Å². The smallest absolute Gasteiger partial charge is 0.352 e. The van der Waals surface area contributed by atoms with Gasteiger partial charge in [0.15, 0.2) is 0 Å². The molecule has 5 heteroatoms. The fraction of sp³-hybridized carbons (Fsp3) is 0. The van der Waals surface area contributed by atoms with E-state index in [0.29, 0.717) is 25.3 Å². The van der Waals surface area contributed by atoms with Gasteiger partial charge >= 0.3 is 10.4 Å². The molecule has 0 aromatic heterocycles. The Morgan fingerprint density at radius 1 is 1.80 bits per heavy atom. The lowest BCUT2D eigenvalue weighted by Gasteiger charge is -1.86. The summed E-state index contributed by atoms with van der Waals surface area (Å²) in [6, 6.07) is 0. The van der Waals surface area contributed by atoms with E-state index in [-0.39, 0.29) is 0 Å². The van der Waals surface area contributed by atoms with Crippen LogP contribution < -0.4 is 0 Å². The molecule has 0 amide bonds. The average molecular weight is 106 g/mol. The van der Waals surface area contributed by atoms with Crippen molar-refractivity contribution < 1.29 is 4.53 Å². The Balaban J connectivity index is 3.14. The fourth-order valence-electron chi connectivity index (χ4n) is 0. The van der Waals surface area contributed by atoms with Gasteiger partial charge in [-0.05, 0) is 0 Å². The van der Waals surface area contributed by atoms with E-state index in [1.54, 1.807) is 0 Å². The molecule has 0 unspecified atom stereocenters. The fourth-order valence-corrected chi connectivity index (χ4v) is 0.